The van der Waals surface area contributed by atoms with Crippen molar-refractivity contribution in [2.24, 2.45) is 5.92 Å². The summed E-state index contributed by atoms with van der Waals surface area (Å²) in [4.78, 5) is 0. The SMILES string of the molecule is CC(C)[C@H](NS(=O)(=O)Cc1ccccc1)c1nnc(S(C)(=O)=O)o1. The maximum absolute atomic E-state index is 12.4. The van der Waals surface area contributed by atoms with E-state index in [4.69, 9.17) is 4.42 Å². The third-order valence-corrected chi connectivity index (χ3v) is 5.30. The van der Waals surface area contributed by atoms with E-state index in [0.717, 1.165) is 6.26 Å². The molecule has 1 heterocycles. The lowest BCUT2D eigenvalue weighted by Crippen LogP contribution is -2.33. The van der Waals surface area contributed by atoms with Crippen LogP contribution in [0.4, 0.5) is 0 Å². The second-order valence-electron chi connectivity index (χ2n) is 5.76. The maximum atomic E-state index is 12.4. The fourth-order valence-corrected chi connectivity index (χ4v) is 3.90. The van der Waals surface area contributed by atoms with Crippen LogP contribution in [0.25, 0.3) is 0 Å². The van der Waals surface area contributed by atoms with Crippen molar-refractivity contribution in [2.75, 3.05) is 6.26 Å². The second-order valence-corrected chi connectivity index (χ2v) is 9.41. The molecule has 1 N–H and O–H groups in total. The van der Waals surface area contributed by atoms with Crippen molar-refractivity contribution >= 4 is 19.9 Å². The molecule has 0 amide bonds. The normalized spacial score (nSPS) is 14.0. The molecule has 1 atom stereocenters. The number of hydrogen-bond donors (Lipinski definition) is 1. The maximum Gasteiger partial charge on any atom is 0.335 e. The summed E-state index contributed by atoms with van der Waals surface area (Å²) in [5.74, 6) is -0.505. The highest BCUT2D eigenvalue weighted by Crippen LogP contribution is 2.23. The molecule has 0 saturated carbocycles. The third kappa shape index (κ3) is 4.86. The lowest BCUT2D eigenvalue weighted by atomic mass is 10.1. The Labute approximate surface area is 141 Å². The van der Waals surface area contributed by atoms with Crippen LogP contribution in [0.1, 0.15) is 31.3 Å². The molecule has 0 aliphatic carbocycles. The van der Waals surface area contributed by atoms with Crippen molar-refractivity contribution in [3.63, 3.8) is 0 Å². The molecule has 0 spiro atoms. The molecule has 0 unspecified atom stereocenters. The van der Waals surface area contributed by atoms with Gasteiger partial charge in [-0.25, -0.2) is 21.6 Å². The minimum atomic E-state index is -3.68. The summed E-state index contributed by atoms with van der Waals surface area (Å²) in [6.45, 7) is 3.53. The molecule has 8 nitrogen and oxygen atoms in total. The number of benzene rings is 1. The van der Waals surface area contributed by atoms with Crippen LogP contribution >= 0.6 is 0 Å². The predicted octanol–water partition coefficient (Wildman–Crippen LogP) is 1.29. The van der Waals surface area contributed by atoms with Gasteiger partial charge in [0.05, 0.1) is 5.75 Å². The Morgan fingerprint density at radius 2 is 1.71 bits per heavy atom. The quantitative estimate of drug-likeness (QED) is 0.776. The summed E-state index contributed by atoms with van der Waals surface area (Å²) in [5.41, 5.74) is 0.634. The standard InChI is InChI=1S/C14H19N3O5S2/c1-10(2)12(13-15-16-14(22-13)23(3,18)19)17-24(20,21)9-11-7-5-4-6-8-11/h4-8,10,12,17H,9H2,1-3H3/t12-/m0/s1. The van der Waals surface area contributed by atoms with Crippen molar-refractivity contribution in [1.82, 2.24) is 14.9 Å². The smallest absolute Gasteiger partial charge is 0.335 e. The first-order valence-corrected chi connectivity index (χ1v) is 10.7. The molecule has 0 aliphatic heterocycles. The molecule has 1 aromatic carbocycles. The Balaban J connectivity index is 2.24. The molecular formula is C14H19N3O5S2. The number of sulfone groups is 1. The van der Waals surface area contributed by atoms with Crippen LogP contribution in [0.15, 0.2) is 40.0 Å². The average molecular weight is 373 g/mol. The van der Waals surface area contributed by atoms with Crippen molar-refractivity contribution in [3.8, 4) is 0 Å². The summed E-state index contributed by atoms with van der Waals surface area (Å²) < 4.78 is 55.2. The molecule has 0 saturated heterocycles. The Hall–Kier alpha value is -1.78. The monoisotopic (exact) mass is 373 g/mol. The number of sulfonamides is 1. The Kier molecular flexibility index (Phi) is 5.41. The van der Waals surface area contributed by atoms with Gasteiger partial charge in [0.25, 0.3) is 0 Å². The molecule has 2 rings (SSSR count). The van der Waals surface area contributed by atoms with Gasteiger partial charge in [0, 0.05) is 6.26 Å². The molecule has 10 heteroatoms. The van der Waals surface area contributed by atoms with Gasteiger partial charge in [-0.3, -0.25) is 0 Å². The minimum absolute atomic E-state index is 0.0814. The van der Waals surface area contributed by atoms with Crippen LogP contribution in [0, 0.1) is 5.92 Å². The summed E-state index contributed by atoms with van der Waals surface area (Å²) in [7, 11) is -7.33. The van der Waals surface area contributed by atoms with Gasteiger partial charge >= 0.3 is 5.22 Å². The van der Waals surface area contributed by atoms with Gasteiger partial charge in [-0.2, -0.15) is 0 Å². The van der Waals surface area contributed by atoms with E-state index in [1.54, 1.807) is 44.2 Å². The minimum Gasteiger partial charge on any atom is -0.411 e. The van der Waals surface area contributed by atoms with E-state index in [2.05, 4.69) is 14.9 Å². The number of rotatable bonds is 7. The van der Waals surface area contributed by atoms with Crippen LogP contribution in [-0.2, 0) is 25.6 Å². The molecule has 1 aromatic heterocycles. The largest absolute Gasteiger partial charge is 0.411 e. The van der Waals surface area contributed by atoms with Gasteiger partial charge in [-0.15, -0.1) is 5.10 Å². The van der Waals surface area contributed by atoms with Crippen molar-refractivity contribution in [2.45, 2.75) is 30.9 Å². The molecule has 0 aliphatic rings. The molecule has 0 radical (unpaired) electrons. The Bertz CT molecular complexity index is 890. The summed E-state index contributed by atoms with van der Waals surface area (Å²) in [6.07, 6.45) is 0.939. The number of aromatic nitrogens is 2. The topological polar surface area (TPSA) is 119 Å². The van der Waals surface area contributed by atoms with Crippen LogP contribution in [0.5, 0.6) is 0 Å². The zero-order valence-corrected chi connectivity index (χ0v) is 15.1. The third-order valence-electron chi connectivity index (χ3n) is 3.18. The lowest BCUT2D eigenvalue weighted by Gasteiger charge is -2.18. The highest BCUT2D eigenvalue weighted by molar-refractivity contribution is 7.90. The van der Waals surface area contributed by atoms with Gasteiger partial charge in [0.1, 0.15) is 6.04 Å². The van der Waals surface area contributed by atoms with Gasteiger partial charge < -0.3 is 4.42 Å². The van der Waals surface area contributed by atoms with E-state index in [1.807, 2.05) is 0 Å². The van der Waals surface area contributed by atoms with E-state index >= 15 is 0 Å². The van der Waals surface area contributed by atoms with Gasteiger partial charge in [-0.1, -0.05) is 49.3 Å². The van der Waals surface area contributed by atoms with E-state index in [9.17, 15) is 16.8 Å². The highest BCUT2D eigenvalue weighted by Gasteiger charge is 2.29. The fraction of sp³-hybridized carbons (Fsp3) is 0.429. The van der Waals surface area contributed by atoms with E-state index in [0.29, 0.717) is 5.56 Å². The van der Waals surface area contributed by atoms with Crippen molar-refractivity contribution in [3.05, 3.63) is 41.8 Å². The van der Waals surface area contributed by atoms with E-state index in [-0.39, 0.29) is 17.6 Å². The first kappa shape index (κ1) is 18.6. The van der Waals surface area contributed by atoms with Crippen LogP contribution < -0.4 is 4.72 Å². The zero-order valence-electron chi connectivity index (χ0n) is 13.5. The number of nitrogens with one attached hydrogen (secondary N) is 1. The number of hydrogen-bond acceptors (Lipinski definition) is 7. The lowest BCUT2D eigenvalue weighted by molar-refractivity contribution is 0.327. The Morgan fingerprint density at radius 3 is 2.21 bits per heavy atom. The first-order chi connectivity index (χ1) is 11.1. The molecule has 0 bridgehead atoms. The van der Waals surface area contributed by atoms with E-state index < -0.39 is 31.1 Å². The van der Waals surface area contributed by atoms with Gasteiger partial charge in [-0.05, 0) is 11.5 Å². The van der Waals surface area contributed by atoms with E-state index in [1.165, 1.54) is 0 Å². The molecule has 0 fully saturated rings. The molecular weight excluding hydrogens is 354 g/mol. The summed E-state index contributed by atoms with van der Waals surface area (Å²) in [6, 6.07) is 7.89. The van der Waals surface area contributed by atoms with Gasteiger partial charge in [0.2, 0.25) is 25.8 Å². The second kappa shape index (κ2) is 6.99. The van der Waals surface area contributed by atoms with Gasteiger partial charge in [0.15, 0.2) is 0 Å². The van der Waals surface area contributed by atoms with Crippen LogP contribution in [0.3, 0.4) is 0 Å². The molecule has 24 heavy (non-hydrogen) atoms. The summed E-state index contributed by atoms with van der Waals surface area (Å²) in [5, 5.41) is 6.60. The molecule has 2 aromatic rings. The molecule has 132 valence electrons. The predicted molar refractivity (Wildman–Crippen MR) is 87.2 cm³/mol. The first-order valence-electron chi connectivity index (χ1n) is 7.16. The zero-order chi connectivity index (χ0) is 18.0. The number of nitrogens with zero attached hydrogens (tertiary/aromatic N) is 2. The fourth-order valence-electron chi connectivity index (χ4n) is 2.00. The Morgan fingerprint density at radius 1 is 1.08 bits per heavy atom. The van der Waals surface area contributed by atoms with Crippen molar-refractivity contribution < 1.29 is 21.3 Å². The van der Waals surface area contributed by atoms with Crippen molar-refractivity contribution in [1.29, 1.82) is 0 Å². The average Bonchev–Trinajstić information content (AvgIpc) is 2.94. The summed E-state index contributed by atoms with van der Waals surface area (Å²) >= 11 is 0. The highest BCUT2D eigenvalue weighted by atomic mass is 32.2. The van der Waals surface area contributed by atoms with Crippen LogP contribution in [-0.4, -0.2) is 33.3 Å². The van der Waals surface area contributed by atoms with Crippen LogP contribution in [0.2, 0.25) is 0 Å².